The first-order valence-corrected chi connectivity index (χ1v) is 19.1. The summed E-state index contributed by atoms with van der Waals surface area (Å²) in [6.45, 7) is 0. The molecule has 12 aromatic rings. The van der Waals surface area contributed by atoms with Gasteiger partial charge in [-0.05, 0) is 42.5 Å². The van der Waals surface area contributed by atoms with Crippen LogP contribution in [0.15, 0.2) is 192 Å². The van der Waals surface area contributed by atoms with Crippen LogP contribution in [0.4, 0.5) is 0 Å². The van der Waals surface area contributed by atoms with E-state index in [4.69, 9.17) is 19.4 Å². The second-order valence-electron chi connectivity index (χ2n) is 14.4. The summed E-state index contributed by atoms with van der Waals surface area (Å²) < 4.78 is 11.8. The maximum atomic E-state index is 6.92. The molecule has 0 aliphatic rings. The van der Waals surface area contributed by atoms with E-state index < -0.39 is 0 Å². The number of furan rings is 1. The van der Waals surface area contributed by atoms with Crippen molar-refractivity contribution in [2.75, 3.05) is 0 Å². The van der Waals surface area contributed by atoms with Gasteiger partial charge in [0.1, 0.15) is 11.2 Å². The molecule has 0 amide bonds. The van der Waals surface area contributed by atoms with Crippen molar-refractivity contribution in [2.24, 2.45) is 0 Å². The highest BCUT2D eigenvalue weighted by molar-refractivity contribution is 6.39. The van der Waals surface area contributed by atoms with Crippen LogP contribution in [0, 0.1) is 0 Å². The Kier molecular flexibility index (Phi) is 6.83. The van der Waals surface area contributed by atoms with Crippen molar-refractivity contribution in [1.82, 2.24) is 24.1 Å². The summed E-state index contributed by atoms with van der Waals surface area (Å²) in [7, 11) is 0. The van der Waals surface area contributed by atoms with E-state index in [0.717, 1.165) is 93.6 Å². The Morgan fingerprint density at radius 1 is 0.351 bits per heavy atom. The third kappa shape index (κ3) is 4.74. The predicted molar refractivity (Wildman–Crippen MR) is 232 cm³/mol. The van der Waals surface area contributed by atoms with Gasteiger partial charge in [0.05, 0.1) is 27.5 Å². The molecule has 0 atom stereocenters. The zero-order valence-corrected chi connectivity index (χ0v) is 30.5. The lowest BCUT2D eigenvalue weighted by Crippen LogP contribution is -2.01. The number of aromatic nitrogens is 5. The smallest absolute Gasteiger partial charge is 0.164 e. The molecule has 0 fully saturated rings. The number of para-hydroxylation sites is 4. The minimum atomic E-state index is 0.608. The number of rotatable bonds is 5. The fraction of sp³-hybridized carbons (Fsp3) is 0. The number of benzene rings is 8. The molecule has 6 nitrogen and oxygen atoms in total. The second-order valence-corrected chi connectivity index (χ2v) is 14.4. The van der Waals surface area contributed by atoms with Crippen molar-refractivity contribution in [3.8, 4) is 45.5 Å². The molecule has 4 aromatic heterocycles. The lowest BCUT2D eigenvalue weighted by molar-refractivity contribution is 0.673. The van der Waals surface area contributed by atoms with Crippen LogP contribution in [-0.2, 0) is 0 Å². The van der Waals surface area contributed by atoms with E-state index >= 15 is 0 Å². The molecule has 0 unspecified atom stereocenters. The number of fused-ring (bicyclic) bond motifs is 12. The first-order valence-electron chi connectivity index (χ1n) is 19.1. The Morgan fingerprint density at radius 2 is 0.807 bits per heavy atom. The zero-order chi connectivity index (χ0) is 37.5. The second kappa shape index (κ2) is 12.3. The van der Waals surface area contributed by atoms with E-state index in [1.165, 1.54) is 0 Å². The summed E-state index contributed by atoms with van der Waals surface area (Å²) in [5.74, 6) is 1.87. The van der Waals surface area contributed by atoms with Gasteiger partial charge in [-0.1, -0.05) is 146 Å². The molecule has 0 aliphatic heterocycles. The van der Waals surface area contributed by atoms with Crippen LogP contribution in [0.1, 0.15) is 0 Å². The molecule has 0 saturated carbocycles. The van der Waals surface area contributed by atoms with Gasteiger partial charge in [0, 0.05) is 55.0 Å². The molecule has 266 valence electrons. The first-order chi connectivity index (χ1) is 28.3. The van der Waals surface area contributed by atoms with E-state index in [0.29, 0.717) is 17.5 Å². The highest BCUT2D eigenvalue weighted by Crippen LogP contribution is 2.49. The molecule has 0 saturated heterocycles. The third-order valence-electron chi connectivity index (χ3n) is 11.1. The molecule has 4 heterocycles. The monoisotopic (exact) mass is 729 g/mol. The zero-order valence-electron chi connectivity index (χ0n) is 30.5. The summed E-state index contributed by atoms with van der Waals surface area (Å²) in [5.41, 5.74) is 11.0. The van der Waals surface area contributed by atoms with Gasteiger partial charge in [-0.2, -0.15) is 0 Å². The molecular weight excluding hydrogens is 699 g/mol. The van der Waals surface area contributed by atoms with E-state index in [-0.39, 0.29) is 0 Å². The molecule has 0 bridgehead atoms. The normalized spacial score (nSPS) is 11.9. The Balaban J connectivity index is 1.23. The van der Waals surface area contributed by atoms with Gasteiger partial charge in [-0.15, -0.1) is 0 Å². The van der Waals surface area contributed by atoms with Crippen molar-refractivity contribution in [3.63, 3.8) is 0 Å². The highest BCUT2D eigenvalue weighted by atomic mass is 16.3. The summed E-state index contributed by atoms with van der Waals surface area (Å²) in [6, 6.07) is 65.3. The van der Waals surface area contributed by atoms with E-state index in [1.807, 2.05) is 60.7 Å². The Labute approximate surface area is 326 Å². The maximum Gasteiger partial charge on any atom is 0.164 e. The van der Waals surface area contributed by atoms with Crippen LogP contribution in [0.25, 0.3) is 111 Å². The van der Waals surface area contributed by atoms with Gasteiger partial charge in [-0.25, -0.2) is 15.0 Å². The lowest BCUT2D eigenvalue weighted by Gasteiger charge is -2.14. The Morgan fingerprint density at radius 3 is 1.46 bits per heavy atom. The minimum absolute atomic E-state index is 0.608. The van der Waals surface area contributed by atoms with Crippen LogP contribution in [-0.4, -0.2) is 24.1 Å². The molecule has 0 spiro atoms. The van der Waals surface area contributed by atoms with Crippen molar-refractivity contribution in [2.45, 2.75) is 0 Å². The predicted octanol–water partition coefficient (Wildman–Crippen LogP) is 13.0. The SMILES string of the molecule is c1ccc(-c2nc(-c3ccccc3)nc(-c3cccc(-n4c5ccccc5c5c6c7ccccc7oc6c6c7ccccc7n(-c7ccccc7)c6c54)c3)n2)cc1. The molecular formula is C51H31N5O. The average molecular weight is 730 g/mol. The van der Waals surface area contributed by atoms with Crippen molar-refractivity contribution < 1.29 is 4.42 Å². The third-order valence-corrected chi connectivity index (χ3v) is 11.1. The van der Waals surface area contributed by atoms with Crippen LogP contribution >= 0.6 is 0 Å². The highest BCUT2D eigenvalue weighted by Gasteiger charge is 2.28. The summed E-state index contributed by atoms with van der Waals surface area (Å²) in [6.07, 6.45) is 0. The van der Waals surface area contributed by atoms with Crippen molar-refractivity contribution in [3.05, 3.63) is 188 Å². The molecule has 0 aliphatic carbocycles. The Bertz CT molecular complexity index is 3450. The van der Waals surface area contributed by atoms with Crippen LogP contribution in [0.2, 0.25) is 0 Å². The minimum Gasteiger partial charge on any atom is -0.455 e. The van der Waals surface area contributed by atoms with Gasteiger partial charge in [0.25, 0.3) is 0 Å². The van der Waals surface area contributed by atoms with Crippen molar-refractivity contribution in [1.29, 1.82) is 0 Å². The van der Waals surface area contributed by atoms with E-state index in [9.17, 15) is 0 Å². The Hall–Kier alpha value is -7.83. The van der Waals surface area contributed by atoms with Gasteiger partial charge < -0.3 is 13.6 Å². The molecule has 57 heavy (non-hydrogen) atoms. The molecule has 12 rings (SSSR count). The van der Waals surface area contributed by atoms with Crippen LogP contribution in [0.3, 0.4) is 0 Å². The van der Waals surface area contributed by atoms with Gasteiger partial charge >= 0.3 is 0 Å². The largest absolute Gasteiger partial charge is 0.455 e. The van der Waals surface area contributed by atoms with Crippen LogP contribution < -0.4 is 0 Å². The van der Waals surface area contributed by atoms with Crippen LogP contribution in [0.5, 0.6) is 0 Å². The van der Waals surface area contributed by atoms with Gasteiger partial charge in [0.2, 0.25) is 0 Å². The first kappa shape index (κ1) is 31.5. The molecule has 0 radical (unpaired) electrons. The summed E-state index contributed by atoms with van der Waals surface area (Å²) >= 11 is 0. The van der Waals surface area contributed by atoms with Gasteiger partial charge in [-0.3, -0.25) is 0 Å². The fourth-order valence-electron chi connectivity index (χ4n) is 8.72. The summed E-state index contributed by atoms with van der Waals surface area (Å²) in [4.78, 5) is 15.2. The number of hydrogen-bond acceptors (Lipinski definition) is 4. The van der Waals surface area contributed by atoms with E-state index in [1.54, 1.807) is 0 Å². The van der Waals surface area contributed by atoms with Gasteiger partial charge in [0.15, 0.2) is 17.5 Å². The lowest BCUT2D eigenvalue weighted by atomic mass is 10.0. The molecule has 0 N–H and O–H groups in total. The number of hydrogen-bond donors (Lipinski definition) is 0. The topological polar surface area (TPSA) is 61.7 Å². The van der Waals surface area contributed by atoms with E-state index in [2.05, 4.69) is 137 Å². The quantitative estimate of drug-likeness (QED) is 0.177. The standard InChI is InChI=1S/C51H31N5O/c1-4-17-32(18-5-1)49-52-50(33-19-6-2-7-20-33)54-51(53-49)34-21-16-24-36(31-34)56-40-28-13-10-25-37(40)43-44-39-27-12-15-30-42(39)57-48(44)45-38-26-11-14-29-41(38)55(47(45)46(43)56)35-22-8-3-9-23-35/h1-31H. The maximum absolute atomic E-state index is 6.92. The average Bonchev–Trinajstić information content (AvgIpc) is 3.95. The molecule has 6 heteroatoms. The van der Waals surface area contributed by atoms with Crippen molar-refractivity contribution >= 4 is 65.6 Å². The molecule has 8 aromatic carbocycles. The summed E-state index contributed by atoms with van der Waals surface area (Å²) in [5, 5.41) is 6.75. The fourth-order valence-corrected chi connectivity index (χ4v) is 8.72. The number of nitrogens with zero attached hydrogens (tertiary/aromatic N) is 5.